The zero-order valence-corrected chi connectivity index (χ0v) is 20.9. The van der Waals surface area contributed by atoms with E-state index in [1.165, 1.54) is 24.3 Å². The molecule has 5 rings (SSSR count). The molecule has 0 radical (unpaired) electrons. The van der Waals surface area contributed by atoms with Gasteiger partial charge in [-0.05, 0) is 49.2 Å². The Hall–Kier alpha value is -1.79. The molecule has 2 aromatic rings. The lowest BCUT2D eigenvalue weighted by atomic mass is 9.75. The van der Waals surface area contributed by atoms with Crippen molar-refractivity contribution in [2.45, 2.75) is 33.8 Å². The van der Waals surface area contributed by atoms with Gasteiger partial charge in [-0.3, -0.25) is 0 Å². The van der Waals surface area contributed by atoms with Gasteiger partial charge in [0.05, 0.1) is 34.2 Å². The summed E-state index contributed by atoms with van der Waals surface area (Å²) < 4.78 is 93.4. The predicted molar refractivity (Wildman–Crippen MR) is 125 cm³/mol. The van der Waals surface area contributed by atoms with Gasteiger partial charge in [-0.25, -0.2) is 25.6 Å². The molecule has 3 atom stereocenters. The molecule has 2 aromatic carbocycles. The summed E-state index contributed by atoms with van der Waals surface area (Å²) in [5.74, 6) is -3.38. The Morgan fingerprint density at radius 3 is 2.37 bits per heavy atom. The van der Waals surface area contributed by atoms with E-state index < -0.39 is 59.1 Å². The number of nitrogens with one attached hydrogen (secondary N) is 1. The van der Waals surface area contributed by atoms with Crippen molar-refractivity contribution in [2.75, 3.05) is 32.1 Å². The van der Waals surface area contributed by atoms with Crippen LogP contribution in [0.3, 0.4) is 0 Å². The van der Waals surface area contributed by atoms with Crippen LogP contribution in [0.15, 0.2) is 41.3 Å². The fourth-order valence-corrected chi connectivity index (χ4v) is 9.41. The molecular weight excluding hydrogens is 524 g/mol. The Balaban J connectivity index is 1.62. The van der Waals surface area contributed by atoms with Crippen LogP contribution in [-0.2, 0) is 29.2 Å². The number of fused-ring (bicyclic) bond motifs is 3. The Kier molecular flexibility index (Phi) is 6.36. The Labute approximate surface area is 207 Å². The second-order valence-corrected chi connectivity index (χ2v) is 14.1. The lowest BCUT2D eigenvalue weighted by molar-refractivity contribution is -0.0732. The van der Waals surface area contributed by atoms with Gasteiger partial charge in [0, 0.05) is 30.6 Å². The molecule has 0 amide bonds. The number of halogens is 3. The fourth-order valence-electron chi connectivity index (χ4n) is 5.30. The van der Waals surface area contributed by atoms with E-state index >= 15 is 4.39 Å². The average molecular weight is 548 g/mol. The first-order chi connectivity index (χ1) is 16.6. The SMILES string of the molecule is O=S(=O)(CCC1OCCC2(S(=O)(=O)c3ccc(Cl)cc3)c3c(F)ccc(F)c3OCC12)C1CNC1. The van der Waals surface area contributed by atoms with Gasteiger partial charge in [-0.15, -0.1) is 0 Å². The summed E-state index contributed by atoms with van der Waals surface area (Å²) in [4.78, 5) is -0.0998. The minimum absolute atomic E-state index is 0.0109. The van der Waals surface area contributed by atoms with E-state index in [1.54, 1.807) is 0 Å². The van der Waals surface area contributed by atoms with Crippen LogP contribution in [0.4, 0.5) is 8.78 Å². The average Bonchev–Trinajstić information content (AvgIpc) is 2.78. The van der Waals surface area contributed by atoms with Crippen LogP contribution in [0.25, 0.3) is 0 Å². The molecule has 190 valence electrons. The molecule has 0 aliphatic carbocycles. The van der Waals surface area contributed by atoms with E-state index in [2.05, 4.69) is 5.32 Å². The van der Waals surface area contributed by atoms with Crippen molar-refractivity contribution in [3.8, 4) is 5.75 Å². The molecule has 0 saturated carbocycles. The second kappa shape index (κ2) is 8.95. The van der Waals surface area contributed by atoms with Crippen LogP contribution >= 0.6 is 11.6 Å². The van der Waals surface area contributed by atoms with Gasteiger partial charge in [0.15, 0.2) is 31.2 Å². The van der Waals surface area contributed by atoms with Gasteiger partial charge in [0.1, 0.15) is 10.6 Å². The van der Waals surface area contributed by atoms with Crippen molar-refractivity contribution < 1.29 is 35.1 Å². The lowest BCUT2D eigenvalue weighted by Crippen LogP contribution is -2.58. The predicted octanol–water partition coefficient (Wildman–Crippen LogP) is 2.86. The van der Waals surface area contributed by atoms with Gasteiger partial charge < -0.3 is 14.8 Å². The molecule has 0 bridgehead atoms. The third-order valence-corrected chi connectivity index (χ3v) is 12.3. The fraction of sp³-hybridized carbons (Fsp3) is 0.478. The molecule has 0 spiro atoms. The largest absolute Gasteiger partial charge is 0.490 e. The molecule has 1 N–H and O–H groups in total. The normalized spacial score (nSPS) is 26.8. The van der Waals surface area contributed by atoms with Crippen LogP contribution in [0.2, 0.25) is 5.02 Å². The summed E-state index contributed by atoms with van der Waals surface area (Å²) >= 11 is 5.95. The van der Waals surface area contributed by atoms with Crippen molar-refractivity contribution in [2.24, 2.45) is 5.92 Å². The minimum atomic E-state index is -4.33. The standard InChI is InChI=1S/C23H24ClF2NO6S2/c24-14-1-3-15(4-2-14)35(30,31)23-8-9-32-20(7-10-34(28,29)16-11-27-12-16)17(23)13-33-22-19(26)6-5-18(25)21(22)23/h1-6,16-17,20,27H,7-13H2. The van der Waals surface area contributed by atoms with Crippen LogP contribution < -0.4 is 10.1 Å². The second-order valence-electron chi connectivity index (χ2n) is 9.09. The van der Waals surface area contributed by atoms with Gasteiger partial charge >= 0.3 is 0 Å². The van der Waals surface area contributed by atoms with Gasteiger partial charge in [-0.2, -0.15) is 0 Å². The van der Waals surface area contributed by atoms with E-state index in [1.807, 2.05) is 0 Å². The minimum Gasteiger partial charge on any atom is -0.490 e. The number of hydrogen-bond donors (Lipinski definition) is 1. The molecule has 2 fully saturated rings. The van der Waals surface area contributed by atoms with E-state index in [-0.39, 0.29) is 42.3 Å². The van der Waals surface area contributed by atoms with Crippen LogP contribution in [0, 0.1) is 17.6 Å². The maximum atomic E-state index is 15.4. The molecular formula is C23H24ClF2NO6S2. The molecule has 2 saturated heterocycles. The Bertz CT molecular complexity index is 1350. The highest BCUT2D eigenvalue weighted by molar-refractivity contribution is 7.92. The molecule has 12 heteroatoms. The monoisotopic (exact) mass is 547 g/mol. The van der Waals surface area contributed by atoms with Crippen molar-refractivity contribution in [3.05, 3.63) is 58.6 Å². The van der Waals surface area contributed by atoms with Crippen molar-refractivity contribution in [3.63, 3.8) is 0 Å². The van der Waals surface area contributed by atoms with Crippen LogP contribution in [0.1, 0.15) is 18.4 Å². The summed E-state index contributed by atoms with van der Waals surface area (Å²) in [6, 6.07) is 7.27. The summed E-state index contributed by atoms with van der Waals surface area (Å²) in [5.41, 5.74) is -0.372. The maximum Gasteiger partial charge on any atom is 0.189 e. The summed E-state index contributed by atoms with van der Waals surface area (Å²) in [5, 5.41) is 2.75. The molecule has 7 nitrogen and oxygen atoms in total. The third-order valence-electron chi connectivity index (χ3n) is 7.28. The first kappa shape index (κ1) is 24.9. The first-order valence-electron chi connectivity index (χ1n) is 11.2. The third kappa shape index (κ3) is 3.96. The topological polar surface area (TPSA) is 98.8 Å². The molecule has 3 unspecified atom stereocenters. The smallest absolute Gasteiger partial charge is 0.189 e. The summed E-state index contributed by atoms with van der Waals surface area (Å²) in [6.07, 6.45) is -0.990. The van der Waals surface area contributed by atoms with Crippen LogP contribution in [-0.4, -0.2) is 60.2 Å². The highest BCUT2D eigenvalue weighted by Crippen LogP contribution is 2.56. The highest BCUT2D eigenvalue weighted by atomic mass is 35.5. The number of benzene rings is 2. The van der Waals surface area contributed by atoms with E-state index in [4.69, 9.17) is 21.1 Å². The van der Waals surface area contributed by atoms with Crippen molar-refractivity contribution >= 4 is 31.3 Å². The number of hydrogen-bond acceptors (Lipinski definition) is 7. The Morgan fingerprint density at radius 2 is 1.71 bits per heavy atom. The van der Waals surface area contributed by atoms with E-state index in [0.29, 0.717) is 18.1 Å². The molecule has 3 heterocycles. The molecule has 35 heavy (non-hydrogen) atoms. The molecule has 3 aliphatic heterocycles. The zero-order chi connectivity index (χ0) is 25.0. The first-order valence-corrected chi connectivity index (χ1v) is 14.8. The quantitative estimate of drug-likeness (QED) is 0.594. The van der Waals surface area contributed by atoms with E-state index in [0.717, 1.165) is 12.1 Å². The highest BCUT2D eigenvalue weighted by Gasteiger charge is 2.61. The zero-order valence-electron chi connectivity index (χ0n) is 18.5. The van der Waals surface area contributed by atoms with Gasteiger partial charge in [0.25, 0.3) is 0 Å². The van der Waals surface area contributed by atoms with Crippen molar-refractivity contribution in [1.82, 2.24) is 5.32 Å². The molecule has 3 aliphatic rings. The summed E-state index contributed by atoms with van der Waals surface area (Å²) in [6.45, 7) is 0.393. The number of sulfone groups is 2. The van der Waals surface area contributed by atoms with Gasteiger partial charge in [0.2, 0.25) is 0 Å². The molecule has 0 aromatic heterocycles. The summed E-state index contributed by atoms with van der Waals surface area (Å²) in [7, 11) is -7.76. The van der Waals surface area contributed by atoms with Crippen LogP contribution in [0.5, 0.6) is 5.75 Å². The Morgan fingerprint density at radius 1 is 1.03 bits per heavy atom. The van der Waals surface area contributed by atoms with Crippen molar-refractivity contribution in [1.29, 1.82) is 0 Å². The number of ether oxygens (including phenoxy) is 2. The van der Waals surface area contributed by atoms with E-state index in [9.17, 15) is 21.2 Å². The lowest BCUT2D eigenvalue weighted by Gasteiger charge is -2.50. The number of rotatable bonds is 6. The maximum absolute atomic E-state index is 15.4. The van der Waals surface area contributed by atoms with Gasteiger partial charge in [-0.1, -0.05) is 11.6 Å².